The van der Waals surface area contributed by atoms with Crippen molar-refractivity contribution in [2.24, 2.45) is 52.3 Å². The molecule has 4 heteroatoms. The van der Waals surface area contributed by atoms with E-state index in [1.54, 1.807) is 0 Å². The number of esters is 1. The minimum absolute atomic E-state index is 0. The molecule has 5 unspecified atom stereocenters. The monoisotopic (exact) mass is 448 g/mol. The molecule has 0 aromatic rings. The van der Waals surface area contributed by atoms with Gasteiger partial charge in [-0.3, -0.25) is 9.59 Å². The normalized spacial score (nSPS) is 46.3. The van der Waals surface area contributed by atoms with Crippen LogP contribution in [0.25, 0.3) is 0 Å². The average Bonchev–Trinajstić information content (AvgIpc) is 3.10. The number of carbonyl (C=O) groups is 2. The molecule has 4 nitrogen and oxygen atoms in total. The van der Waals surface area contributed by atoms with Crippen LogP contribution >= 0.6 is 0 Å². The first kappa shape index (κ1) is 25.7. The molecule has 4 rings (SSSR count). The zero-order chi connectivity index (χ0) is 22.6. The molecule has 184 valence electrons. The second-order valence-corrected chi connectivity index (χ2v) is 12.0. The summed E-state index contributed by atoms with van der Waals surface area (Å²) in [5.41, 5.74) is 0.413. The second kappa shape index (κ2) is 9.39. The van der Waals surface area contributed by atoms with Crippen molar-refractivity contribution in [1.82, 2.24) is 0 Å². The lowest BCUT2D eigenvalue weighted by molar-refractivity contribution is -0.173. The molecule has 4 aliphatic carbocycles. The molecule has 1 N–H and O–H groups in total. The Morgan fingerprint density at radius 1 is 1.09 bits per heavy atom. The van der Waals surface area contributed by atoms with Crippen molar-refractivity contribution in [2.75, 3.05) is 7.11 Å². The van der Waals surface area contributed by atoms with Gasteiger partial charge in [-0.2, -0.15) is 0 Å². The number of ketones is 1. The molecule has 0 radical (unpaired) electrons. The summed E-state index contributed by atoms with van der Waals surface area (Å²) in [6.45, 7) is 9.42. The van der Waals surface area contributed by atoms with Crippen molar-refractivity contribution >= 4 is 11.8 Å². The highest BCUT2D eigenvalue weighted by atomic mass is 16.5. The summed E-state index contributed by atoms with van der Waals surface area (Å²) in [6, 6.07) is 0. The third-order valence-corrected chi connectivity index (χ3v) is 10.9. The van der Waals surface area contributed by atoms with Crippen molar-refractivity contribution in [3.63, 3.8) is 0 Å². The van der Waals surface area contributed by atoms with Crippen LogP contribution in [-0.4, -0.2) is 30.1 Å². The maximum absolute atomic E-state index is 14.0. The van der Waals surface area contributed by atoms with Crippen molar-refractivity contribution in [1.29, 1.82) is 0 Å². The van der Waals surface area contributed by atoms with Crippen LogP contribution in [0.2, 0.25) is 0 Å². The molecule has 0 saturated heterocycles. The molecule has 0 amide bonds. The van der Waals surface area contributed by atoms with Crippen molar-refractivity contribution in [3.8, 4) is 0 Å². The van der Waals surface area contributed by atoms with Gasteiger partial charge in [0.15, 0.2) is 0 Å². The largest absolute Gasteiger partial charge is 0.469 e. The summed E-state index contributed by atoms with van der Waals surface area (Å²) in [6.07, 6.45) is 9.59. The van der Waals surface area contributed by atoms with Gasteiger partial charge in [0.2, 0.25) is 0 Å². The van der Waals surface area contributed by atoms with Gasteiger partial charge < -0.3 is 9.84 Å². The Morgan fingerprint density at radius 3 is 2.41 bits per heavy atom. The molecule has 0 spiro atoms. The van der Waals surface area contributed by atoms with Crippen molar-refractivity contribution in [2.45, 2.75) is 105 Å². The number of methoxy groups -OCH3 is 1. The highest BCUT2D eigenvalue weighted by molar-refractivity contribution is 5.86. The van der Waals surface area contributed by atoms with Crippen LogP contribution in [-0.2, 0) is 14.3 Å². The third kappa shape index (κ3) is 3.87. The minimum atomic E-state index is -0.225. The van der Waals surface area contributed by atoms with E-state index in [1.807, 2.05) is 0 Å². The number of ether oxygens (including phenoxy) is 1. The maximum Gasteiger partial charge on any atom is 0.305 e. The number of hydrogen-bond donors (Lipinski definition) is 1. The smallest absolute Gasteiger partial charge is 0.305 e. The molecule has 4 saturated carbocycles. The Morgan fingerprint density at radius 2 is 1.75 bits per heavy atom. The number of fused-ring (bicyclic) bond motifs is 5. The van der Waals surface area contributed by atoms with Gasteiger partial charge in [0.1, 0.15) is 5.78 Å². The number of Topliss-reactive ketones (excluding diaryl/α,β-unsaturated/α-hetero) is 1. The van der Waals surface area contributed by atoms with Crippen LogP contribution in [0.3, 0.4) is 0 Å². The lowest BCUT2D eigenvalue weighted by atomic mass is 9.42. The van der Waals surface area contributed by atoms with Gasteiger partial charge in [-0.05, 0) is 98.2 Å². The quantitative estimate of drug-likeness (QED) is 0.520. The van der Waals surface area contributed by atoms with E-state index in [0.29, 0.717) is 41.8 Å². The lowest BCUT2D eigenvalue weighted by Gasteiger charge is -2.62. The summed E-state index contributed by atoms with van der Waals surface area (Å²) < 4.78 is 4.87. The molecular formula is C28H48O4. The lowest BCUT2D eigenvalue weighted by Crippen LogP contribution is -2.60. The molecule has 10 atom stereocenters. The molecule has 4 fully saturated rings. The summed E-state index contributed by atoms with van der Waals surface area (Å²) in [5.74, 6) is 3.16. The predicted octanol–water partition coefficient (Wildman–Crippen LogP) is 6.05. The number of rotatable bonds is 5. The van der Waals surface area contributed by atoms with E-state index in [1.165, 1.54) is 20.0 Å². The van der Waals surface area contributed by atoms with Crippen LogP contribution in [0.15, 0.2) is 0 Å². The summed E-state index contributed by atoms with van der Waals surface area (Å²) >= 11 is 0. The second-order valence-electron chi connectivity index (χ2n) is 12.0. The first-order valence-electron chi connectivity index (χ1n) is 13.0. The van der Waals surface area contributed by atoms with Crippen molar-refractivity contribution in [3.05, 3.63) is 0 Å². The molecular weight excluding hydrogens is 400 g/mol. The molecule has 0 aromatic heterocycles. The van der Waals surface area contributed by atoms with E-state index in [0.717, 1.165) is 44.9 Å². The Kier molecular flexibility index (Phi) is 7.55. The molecule has 0 aromatic carbocycles. The van der Waals surface area contributed by atoms with Gasteiger partial charge in [0.05, 0.1) is 13.2 Å². The van der Waals surface area contributed by atoms with E-state index in [9.17, 15) is 14.7 Å². The van der Waals surface area contributed by atoms with Crippen LogP contribution < -0.4 is 0 Å². The number of aliphatic hydroxyl groups excluding tert-OH is 1. The number of aliphatic hydroxyl groups is 1. The Balaban J connectivity index is 0.00000289. The van der Waals surface area contributed by atoms with Crippen LogP contribution in [0.4, 0.5) is 0 Å². The zero-order valence-corrected chi connectivity index (χ0v) is 20.4. The van der Waals surface area contributed by atoms with Gasteiger partial charge in [0, 0.05) is 18.3 Å². The summed E-state index contributed by atoms with van der Waals surface area (Å²) in [4.78, 5) is 25.7. The Hall–Kier alpha value is -0.900. The van der Waals surface area contributed by atoms with Crippen LogP contribution in [0.1, 0.15) is 99.3 Å². The third-order valence-electron chi connectivity index (χ3n) is 10.9. The minimum Gasteiger partial charge on any atom is -0.469 e. The topological polar surface area (TPSA) is 63.6 Å². The van der Waals surface area contributed by atoms with E-state index in [-0.39, 0.29) is 42.2 Å². The summed E-state index contributed by atoms with van der Waals surface area (Å²) in [7, 11) is 1.47. The summed E-state index contributed by atoms with van der Waals surface area (Å²) in [5, 5.41) is 10.4. The highest BCUT2D eigenvalue weighted by Crippen LogP contribution is 2.68. The predicted molar refractivity (Wildman–Crippen MR) is 128 cm³/mol. The highest BCUT2D eigenvalue weighted by Gasteiger charge is 2.65. The zero-order valence-electron chi connectivity index (χ0n) is 20.4. The van der Waals surface area contributed by atoms with E-state index < -0.39 is 0 Å². The first-order chi connectivity index (χ1) is 14.7. The van der Waals surface area contributed by atoms with Gasteiger partial charge in [-0.15, -0.1) is 0 Å². The number of carbonyl (C=O) groups excluding carboxylic acids is 2. The van der Waals surface area contributed by atoms with Crippen LogP contribution in [0, 0.1) is 52.3 Å². The number of hydrogen-bond acceptors (Lipinski definition) is 4. The Labute approximate surface area is 196 Å². The molecule has 0 aliphatic heterocycles. The van der Waals surface area contributed by atoms with Gasteiger partial charge in [-0.1, -0.05) is 35.1 Å². The van der Waals surface area contributed by atoms with E-state index in [2.05, 4.69) is 27.7 Å². The fourth-order valence-corrected chi connectivity index (χ4v) is 9.26. The molecule has 0 bridgehead atoms. The fourth-order valence-electron chi connectivity index (χ4n) is 9.26. The van der Waals surface area contributed by atoms with Crippen molar-refractivity contribution < 1.29 is 19.4 Å². The van der Waals surface area contributed by atoms with Crippen LogP contribution in [0.5, 0.6) is 0 Å². The van der Waals surface area contributed by atoms with Gasteiger partial charge in [-0.25, -0.2) is 0 Å². The standard InChI is InChI=1S/C27H44O4.CH4/c1-6-18-22-15-17(28)11-13-27(22,4)21-12-14-26(3)19(16(2)7-10-23(29)31-5)8-9-20(26)24(21)25(18)30;/h16-22,24,28H,6-15H2,1-5H3;1H4/t16-,17-,18-,19?,20?,21?,22?,24?,26-,27-;/m1./s1. The molecule has 4 aliphatic rings. The Bertz CT molecular complexity index is 704. The van der Waals surface area contributed by atoms with Gasteiger partial charge in [0.25, 0.3) is 0 Å². The first-order valence-corrected chi connectivity index (χ1v) is 13.0. The van der Waals surface area contributed by atoms with E-state index in [4.69, 9.17) is 4.74 Å². The molecule has 0 heterocycles. The SMILES string of the molecule is C.CC[C@H]1C(=O)C2C3CCC([C@H](C)CCC(=O)OC)[C@@]3(C)CCC2[C@@]2(C)CC[C@@H](O)CC12. The fraction of sp³-hybridized carbons (Fsp3) is 0.929. The van der Waals surface area contributed by atoms with Gasteiger partial charge >= 0.3 is 5.97 Å². The maximum atomic E-state index is 14.0. The average molecular weight is 449 g/mol. The van der Waals surface area contributed by atoms with E-state index >= 15 is 0 Å². The molecule has 32 heavy (non-hydrogen) atoms.